The Bertz CT molecular complexity index is 1020. The fraction of sp³-hybridized carbons (Fsp3) is 0.333. The molecule has 1 aliphatic heterocycles. The number of piperidine rings is 1. The minimum absolute atomic E-state index is 0.236. The van der Waals surface area contributed by atoms with E-state index in [2.05, 4.69) is 20.2 Å². The summed E-state index contributed by atoms with van der Waals surface area (Å²) in [6.45, 7) is 2.26. The van der Waals surface area contributed by atoms with Crippen molar-refractivity contribution in [3.63, 3.8) is 0 Å². The van der Waals surface area contributed by atoms with E-state index in [0.717, 1.165) is 18.5 Å². The predicted molar refractivity (Wildman–Crippen MR) is 97.0 cm³/mol. The van der Waals surface area contributed by atoms with Crippen LogP contribution >= 0.6 is 0 Å². The van der Waals surface area contributed by atoms with Crippen LogP contribution in [0.5, 0.6) is 0 Å². The molecule has 1 atom stereocenters. The molecule has 0 aliphatic carbocycles. The van der Waals surface area contributed by atoms with Gasteiger partial charge in [0.1, 0.15) is 11.7 Å². The second-order valence-corrected chi connectivity index (χ2v) is 8.32. The van der Waals surface area contributed by atoms with E-state index in [1.165, 1.54) is 4.31 Å². The van der Waals surface area contributed by atoms with E-state index in [4.69, 9.17) is 4.42 Å². The molecule has 140 valence electrons. The quantitative estimate of drug-likeness (QED) is 0.680. The van der Waals surface area contributed by atoms with Gasteiger partial charge in [0.15, 0.2) is 0 Å². The highest BCUT2D eigenvalue weighted by Gasteiger charge is 2.37. The van der Waals surface area contributed by atoms with Crippen molar-refractivity contribution in [2.24, 2.45) is 0 Å². The van der Waals surface area contributed by atoms with Crippen molar-refractivity contribution in [2.75, 3.05) is 6.54 Å². The fourth-order valence-electron chi connectivity index (χ4n) is 3.14. The molecule has 8 nitrogen and oxygen atoms in total. The predicted octanol–water partition coefficient (Wildman–Crippen LogP) is 2.75. The van der Waals surface area contributed by atoms with Crippen molar-refractivity contribution < 1.29 is 12.8 Å². The first-order valence-electron chi connectivity index (χ1n) is 8.75. The van der Waals surface area contributed by atoms with Crippen LogP contribution in [0.15, 0.2) is 52.0 Å². The van der Waals surface area contributed by atoms with E-state index in [1.807, 2.05) is 6.92 Å². The maximum Gasteiger partial charge on any atom is 0.267 e. The van der Waals surface area contributed by atoms with Crippen molar-refractivity contribution in [3.8, 4) is 11.6 Å². The number of rotatable bonds is 4. The van der Waals surface area contributed by atoms with Gasteiger partial charge in [-0.1, -0.05) is 24.6 Å². The summed E-state index contributed by atoms with van der Waals surface area (Å²) in [4.78, 5) is 8.67. The molecule has 2 aromatic heterocycles. The summed E-state index contributed by atoms with van der Waals surface area (Å²) in [6.07, 6.45) is 5.51. The van der Waals surface area contributed by atoms with Gasteiger partial charge in [-0.15, -0.1) is 10.2 Å². The Morgan fingerprint density at radius 1 is 1.07 bits per heavy atom. The Kier molecular flexibility index (Phi) is 4.71. The smallest absolute Gasteiger partial charge is 0.267 e. The first-order valence-corrected chi connectivity index (χ1v) is 10.2. The van der Waals surface area contributed by atoms with Crippen LogP contribution in [0.2, 0.25) is 0 Å². The molecular weight excluding hydrogens is 366 g/mol. The van der Waals surface area contributed by atoms with Gasteiger partial charge in [-0.25, -0.2) is 13.4 Å². The first-order chi connectivity index (χ1) is 13.1. The highest BCUT2D eigenvalue weighted by Crippen LogP contribution is 2.35. The molecule has 27 heavy (non-hydrogen) atoms. The number of nitrogens with zero attached hydrogens (tertiary/aromatic N) is 5. The zero-order valence-corrected chi connectivity index (χ0v) is 15.6. The SMILES string of the molecule is Cc1cnc(-c2nnc([C@H]3CCCCN3S(=O)(=O)c3ccccc3)o2)cn1. The zero-order chi connectivity index (χ0) is 18.9. The fourth-order valence-corrected chi connectivity index (χ4v) is 4.82. The molecule has 1 fully saturated rings. The van der Waals surface area contributed by atoms with Gasteiger partial charge < -0.3 is 4.42 Å². The summed E-state index contributed by atoms with van der Waals surface area (Å²) in [5.41, 5.74) is 1.25. The highest BCUT2D eigenvalue weighted by molar-refractivity contribution is 7.89. The van der Waals surface area contributed by atoms with Crippen LogP contribution in [-0.2, 0) is 10.0 Å². The van der Waals surface area contributed by atoms with Gasteiger partial charge in [0.05, 0.1) is 16.8 Å². The van der Waals surface area contributed by atoms with Crippen LogP contribution < -0.4 is 0 Å². The lowest BCUT2D eigenvalue weighted by atomic mass is 10.1. The average Bonchev–Trinajstić information content (AvgIpc) is 3.19. The summed E-state index contributed by atoms with van der Waals surface area (Å²) in [6, 6.07) is 7.94. The minimum Gasteiger partial charge on any atom is -0.417 e. The van der Waals surface area contributed by atoms with Gasteiger partial charge in [0.2, 0.25) is 15.9 Å². The van der Waals surface area contributed by atoms with E-state index in [-0.39, 0.29) is 16.7 Å². The van der Waals surface area contributed by atoms with Gasteiger partial charge in [-0.2, -0.15) is 4.31 Å². The van der Waals surface area contributed by atoms with Crippen molar-refractivity contribution in [3.05, 3.63) is 54.3 Å². The van der Waals surface area contributed by atoms with Crippen LogP contribution in [0.3, 0.4) is 0 Å². The summed E-state index contributed by atoms with van der Waals surface area (Å²) in [5, 5.41) is 8.15. The van der Waals surface area contributed by atoms with E-state index in [1.54, 1.807) is 42.7 Å². The van der Waals surface area contributed by atoms with E-state index < -0.39 is 16.1 Å². The second-order valence-electron chi connectivity index (χ2n) is 6.43. The summed E-state index contributed by atoms with van der Waals surface area (Å²) in [7, 11) is -3.64. The van der Waals surface area contributed by atoms with Crippen LogP contribution in [0.1, 0.15) is 36.9 Å². The molecule has 9 heteroatoms. The largest absolute Gasteiger partial charge is 0.417 e. The van der Waals surface area contributed by atoms with Crippen molar-refractivity contribution in [2.45, 2.75) is 37.1 Å². The molecule has 1 aliphatic rings. The lowest BCUT2D eigenvalue weighted by Crippen LogP contribution is -2.38. The van der Waals surface area contributed by atoms with E-state index >= 15 is 0 Å². The monoisotopic (exact) mass is 385 g/mol. The Morgan fingerprint density at radius 2 is 1.89 bits per heavy atom. The molecule has 0 unspecified atom stereocenters. The van der Waals surface area contributed by atoms with Crippen molar-refractivity contribution >= 4 is 10.0 Å². The van der Waals surface area contributed by atoms with Gasteiger partial charge in [-0.05, 0) is 31.9 Å². The van der Waals surface area contributed by atoms with Gasteiger partial charge >= 0.3 is 0 Å². The molecule has 0 amide bonds. The first kappa shape index (κ1) is 17.7. The molecule has 0 saturated carbocycles. The number of aryl methyl sites for hydroxylation is 1. The Balaban J connectivity index is 1.66. The molecule has 0 bridgehead atoms. The maximum absolute atomic E-state index is 13.1. The van der Waals surface area contributed by atoms with Crippen LogP contribution in [0.25, 0.3) is 11.6 Å². The normalized spacial score (nSPS) is 18.5. The van der Waals surface area contributed by atoms with Gasteiger partial charge in [-0.3, -0.25) is 4.98 Å². The number of hydrogen-bond donors (Lipinski definition) is 0. The third kappa shape index (κ3) is 3.47. The third-order valence-corrected chi connectivity index (χ3v) is 6.45. The van der Waals surface area contributed by atoms with E-state index in [9.17, 15) is 8.42 Å². The molecular formula is C18H19N5O3S. The Hall–Kier alpha value is -2.65. The summed E-state index contributed by atoms with van der Waals surface area (Å²) < 4.78 is 33.4. The number of sulfonamides is 1. The lowest BCUT2D eigenvalue weighted by Gasteiger charge is -2.32. The molecule has 4 rings (SSSR count). The molecule has 0 spiro atoms. The lowest BCUT2D eigenvalue weighted by molar-refractivity contribution is 0.220. The van der Waals surface area contributed by atoms with Gasteiger partial charge in [0.25, 0.3) is 5.89 Å². The topological polar surface area (TPSA) is 102 Å². The van der Waals surface area contributed by atoms with E-state index in [0.29, 0.717) is 18.7 Å². The molecule has 3 aromatic rings. The molecule has 3 heterocycles. The third-order valence-electron chi connectivity index (χ3n) is 4.53. The summed E-state index contributed by atoms with van der Waals surface area (Å²) in [5.74, 6) is 0.520. The number of hydrogen-bond acceptors (Lipinski definition) is 7. The highest BCUT2D eigenvalue weighted by atomic mass is 32.2. The number of aromatic nitrogens is 4. The van der Waals surface area contributed by atoms with Crippen LogP contribution in [0.4, 0.5) is 0 Å². The van der Waals surface area contributed by atoms with Gasteiger partial charge in [0, 0.05) is 12.7 Å². The van der Waals surface area contributed by atoms with Crippen LogP contribution in [0, 0.1) is 6.92 Å². The molecule has 1 saturated heterocycles. The number of benzene rings is 1. The Labute approximate surface area is 157 Å². The molecule has 1 aromatic carbocycles. The second kappa shape index (κ2) is 7.16. The van der Waals surface area contributed by atoms with Crippen molar-refractivity contribution in [1.29, 1.82) is 0 Å². The minimum atomic E-state index is -3.64. The maximum atomic E-state index is 13.1. The standard InChI is InChI=1S/C18H19N5O3S/c1-13-11-20-15(12-19-13)17-21-22-18(26-17)16-9-5-6-10-23(16)27(24,25)14-7-3-2-4-8-14/h2-4,7-8,11-12,16H,5-6,9-10H2,1H3/t16-/m1/s1. The molecule has 0 radical (unpaired) electrons. The summed E-state index contributed by atoms with van der Waals surface area (Å²) >= 11 is 0. The van der Waals surface area contributed by atoms with Crippen LogP contribution in [-0.4, -0.2) is 39.4 Å². The molecule has 0 N–H and O–H groups in total. The zero-order valence-electron chi connectivity index (χ0n) is 14.8. The average molecular weight is 385 g/mol. The Morgan fingerprint density at radius 3 is 2.63 bits per heavy atom. The van der Waals surface area contributed by atoms with Crippen molar-refractivity contribution in [1.82, 2.24) is 24.5 Å².